The third-order valence-electron chi connectivity index (χ3n) is 2.66. The van der Waals surface area contributed by atoms with E-state index in [1.165, 1.54) is 19.9 Å². The zero-order valence-electron chi connectivity index (χ0n) is 11.6. The number of esters is 2. The molecule has 0 aliphatic carbocycles. The molecule has 21 heavy (non-hydrogen) atoms. The molecule has 1 aromatic carbocycles. The van der Waals surface area contributed by atoms with Gasteiger partial charge in [-0.25, -0.2) is 14.0 Å². The van der Waals surface area contributed by atoms with E-state index in [4.69, 9.17) is 9.47 Å². The predicted octanol–water partition coefficient (Wildman–Crippen LogP) is 2.87. The van der Waals surface area contributed by atoms with Gasteiger partial charge in [0, 0.05) is 23.6 Å². The molecule has 7 heteroatoms. The summed E-state index contributed by atoms with van der Waals surface area (Å²) in [5, 5.41) is 2.62. The highest BCUT2D eigenvalue weighted by Crippen LogP contribution is 2.26. The SMILES string of the molecule is Cc1cc(F)c(NC=C2C(=O)OC(C)(C)OC2=O)c(I)c1. The van der Waals surface area contributed by atoms with Gasteiger partial charge in [0.1, 0.15) is 5.82 Å². The van der Waals surface area contributed by atoms with Crippen LogP contribution in [0.1, 0.15) is 19.4 Å². The van der Waals surface area contributed by atoms with Gasteiger partial charge in [-0.05, 0) is 47.2 Å². The van der Waals surface area contributed by atoms with Crippen LogP contribution in [-0.2, 0) is 19.1 Å². The number of nitrogens with one attached hydrogen (secondary N) is 1. The van der Waals surface area contributed by atoms with Crippen LogP contribution in [0.15, 0.2) is 23.9 Å². The first-order valence-electron chi connectivity index (χ1n) is 6.08. The van der Waals surface area contributed by atoms with Gasteiger partial charge in [-0.1, -0.05) is 0 Å². The lowest BCUT2D eigenvalue weighted by Gasteiger charge is -2.29. The van der Waals surface area contributed by atoms with Crippen molar-refractivity contribution in [2.45, 2.75) is 26.6 Å². The minimum Gasteiger partial charge on any atom is -0.419 e. The fourth-order valence-electron chi connectivity index (χ4n) is 1.76. The van der Waals surface area contributed by atoms with Crippen LogP contribution < -0.4 is 5.32 Å². The van der Waals surface area contributed by atoms with Crippen LogP contribution in [0.2, 0.25) is 0 Å². The quantitative estimate of drug-likeness (QED) is 0.355. The summed E-state index contributed by atoms with van der Waals surface area (Å²) in [6, 6.07) is 3.12. The molecule has 1 aromatic rings. The summed E-state index contributed by atoms with van der Waals surface area (Å²) in [6.45, 7) is 4.68. The third-order valence-corrected chi connectivity index (χ3v) is 3.51. The summed E-state index contributed by atoms with van der Waals surface area (Å²) in [5.74, 6) is -3.40. The largest absolute Gasteiger partial charge is 0.419 e. The molecule has 0 radical (unpaired) electrons. The Labute approximate surface area is 134 Å². The third kappa shape index (κ3) is 3.52. The predicted molar refractivity (Wildman–Crippen MR) is 81.8 cm³/mol. The van der Waals surface area contributed by atoms with Crippen molar-refractivity contribution in [1.82, 2.24) is 0 Å². The summed E-state index contributed by atoms with van der Waals surface area (Å²) < 4.78 is 24.4. The molecule has 0 atom stereocenters. The van der Waals surface area contributed by atoms with Crippen molar-refractivity contribution in [3.63, 3.8) is 0 Å². The molecule has 0 bridgehead atoms. The first-order chi connectivity index (χ1) is 9.69. The standard InChI is InChI=1S/C14H13FINO4/c1-7-4-9(15)11(10(16)5-7)17-6-8-12(18)20-14(2,3)21-13(8)19/h4-6,17H,1-3H3. The van der Waals surface area contributed by atoms with Gasteiger partial charge < -0.3 is 14.8 Å². The minimum absolute atomic E-state index is 0.180. The second-order valence-electron chi connectivity index (χ2n) is 4.98. The molecule has 0 amide bonds. The Morgan fingerprint density at radius 1 is 1.24 bits per heavy atom. The van der Waals surface area contributed by atoms with E-state index in [9.17, 15) is 14.0 Å². The molecule has 1 aliphatic heterocycles. The second-order valence-corrected chi connectivity index (χ2v) is 6.15. The number of benzene rings is 1. The number of hydrogen-bond acceptors (Lipinski definition) is 5. The van der Waals surface area contributed by atoms with Crippen LogP contribution in [0.5, 0.6) is 0 Å². The lowest BCUT2D eigenvalue weighted by molar-refractivity contribution is -0.222. The van der Waals surface area contributed by atoms with Crippen molar-refractivity contribution in [2.24, 2.45) is 0 Å². The number of aryl methyl sites for hydroxylation is 1. The van der Waals surface area contributed by atoms with Crippen molar-refractivity contribution in [3.05, 3.63) is 38.9 Å². The molecule has 1 N–H and O–H groups in total. The summed E-state index contributed by atoms with van der Waals surface area (Å²) >= 11 is 1.96. The first kappa shape index (κ1) is 15.7. The molecule has 1 aliphatic rings. The average molecular weight is 405 g/mol. The Morgan fingerprint density at radius 2 is 1.81 bits per heavy atom. The molecule has 1 heterocycles. The van der Waals surface area contributed by atoms with E-state index in [-0.39, 0.29) is 11.3 Å². The second kappa shape index (κ2) is 5.63. The Hall–Kier alpha value is -1.64. The highest BCUT2D eigenvalue weighted by Gasteiger charge is 2.39. The minimum atomic E-state index is -1.30. The van der Waals surface area contributed by atoms with Crippen molar-refractivity contribution >= 4 is 40.2 Å². The van der Waals surface area contributed by atoms with Crippen LogP contribution in [-0.4, -0.2) is 17.7 Å². The number of rotatable bonds is 2. The number of ether oxygens (including phenoxy) is 2. The van der Waals surface area contributed by atoms with E-state index in [2.05, 4.69) is 5.32 Å². The maximum atomic E-state index is 13.9. The van der Waals surface area contributed by atoms with Crippen LogP contribution in [0.25, 0.3) is 0 Å². The first-order valence-corrected chi connectivity index (χ1v) is 7.16. The Kier molecular flexibility index (Phi) is 4.22. The zero-order valence-corrected chi connectivity index (χ0v) is 13.8. The van der Waals surface area contributed by atoms with Gasteiger partial charge in [0.05, 0.1) is 5.69 Å². The van der Waals surface area contributed by atoms with Gasteiger partial charge in [0.15, 0.2) is 5.57 Å². The topological polar surface area (TPSA) is 64.6 Å². The summed E-state index contributed by atoms with van der Waals surface area (Å²) in [6.07, 6.45) is 1.09. The highest BCUT2D eigenvalue weighted by atomic mass is 127. The maximum absolute atomic E-state index is 13.9. The molecule has 1 saturated heterocycles. The van der Waals surface area contributed by atoms with E-state index in [0.29, 0.717) is 3.57 Å². The molecule has 0 saturated carbocycles. The molecule has 2 rings (SSSR count). The molecule has 0 spiro atoms. The van der Waals surface area contributed by atoms with Crippen molar-refractivity contribution in [2.75, 3.05) is 5.32 Å². The number of hydrogen-bond donors (Lipinski definition) is 1. The van der Waals surface area contributed by atoms with Gasteiger partial charge >= 0.3 is 11.9 Å². The molecule has 112 valence electrons. The summed E-state index contributed by atoms with van der Waals surface area (Å²) in [7, 11) is 0. The smallest absolute Gasteiger partial charge is 0.350 e. The maximum Gasteiger partial charge on any atom is 0.350 e. The Balaban J connectivity index is 2.26. The van der Waals surface area contributed by atoms with E-state index in [1.807, 2.05) is 22.6 Å². The summed E-state index contributed by atoms with van der Waals surface area (Å²) in [4.78, 5) is 23.5. The number of cyclic esters (lactones) is 2. The van der Waals surface area contributed by atoms with Gasteiger partial charge in [0.25, 0.3) is 5.79 Å². The molecule has 5 nitrogen and oxygen atoms in total. The molecule has 1 fully saturated rings. The highest BCUT2D eigenvalue weighted by molar-refractivity contribution is 14.1. The normalized spacial score (nSPS) is 17.1. The fourth-order valence-corrected chi connectivity index (χ4v) is 2.67. The van der Waals surface area contributed by atoms with Crippen LogP contribution in [0.3, 0.4) is 0 Å². The molecular weight excluding hydrogens is 392 g/mol. The number of anilines is 1. The van der Waals surface area contributed by atoms with Crippen LogP contribution in [0, 0.1) is 16.3 Å². The van der Waals surface area contributed by atoms with Crippen LogP contribution >= 0.6 is 22.6 Å². The molecule has 0 aromatic heterocycles. The van der Waals surface area contributed by atoms with E-state index < -0.39 is 23.5 Å². The van der Waals surface area contributed by atoms with Gasteiger partial charge in [-0.2, -0.15) is 0 Å². The van der Waals surface area contributed by atoms with Crippen molar-refractivity contribution in [1.29, 1.82) is 0 Å². The molecular formula is C14H13FINO4. The lowest BCUT2D eigenvalue weighted by atomic mass is 10.2. The van der Waals surface area contributed by atoms with E-state index >= 15 is 0 Å². The Morgan fingerprint density at radius 3 is 2.33 bits per heavy atom. The summed E-state index contributed by atoms with van der Waals surface area (Å²) in [5.41, 5.74) is 0.637. The number of halogens is 2. The van der Waals surface area contributed by atoms with Crippen molar-refractivity contribution < 1.29 is 23.5 Å². The van der Waals surface area contributed by atoms with Gasteiger partial charge in [0.2, 0.25) is 0 Å². The van der Waals surface area contributed by atoms with Crippen LogP contribution in [0.4, 0.5) is 10.1 Å². The lowest BCUT2D eigenvalue weighted by Crippen LogP contribution is -2.42. The molecule has 0 unspecified atom stereocenters. The van der Waals surface area contributed by atoms with Gasteiger partial charge in [-0.3, -0.25) is 0 Å². The monoisotopic (exact) mass is 405 g/mol. The Bertz CT molecular complexity index is 609. The zero-order chi connectivity index (χ0) is 15.8. The van der Waals surface area contributed by atoms with E-state index in [1.54, 1.807) is 13.0 Å². The number of carbonyl (C=O) groups is 2. The average Bonchev–Trinajstić information content (AvgIpc) is 2.29. The van der Waals surface area contributed by atoms with Gasteiger partial charge in [-0.15, -0.1) is 0 Å². The van der Waals surface area contributed by atoms with E-state index in [0.717, 1.165) is 11.8 Å². The van der Waals surface area contributed by atoms with Crippen molar-refractivity contribution in [3.8, 4) is 0 Å². The number of carbonyl (C=O) groups excluding carboxylic acids is 2. The fraction of sp³-hybridized carbons (Fsp3) is 0.286.